The lowest BCUT2D eigenvalue weighted by Gasteiger charge is -2.31. The summed E-state index contributed by atoms with van der Waals surface area (Å²) < 4.78 is 10.7. The van der Waals surface area contributed by atoms with Crippen molar-refractivity contribution >= 4 is 6.03 Å². The smallest absolute Gasteiger partial charge is 0.317 e. The van der Waals surface area contributed by atoms with Gasteiger partial charge in [-0.2, -0.15) is 0 Å². The molecule has 1 atom stereocenters. The summed E-state index contributed by atoms with van der Waals surface area (Å²) in [6, 6.07) is 8.03. The van der Waals surface area contributed by atoms with Crippen LogP contribution in [0.25, 0.3) is 0 Å². The van der Waals surface area contributed by atoms with Crippen LogP contribution in [0.3, 0.4) is 0 Å². The van der Waals surface area contributed by atoms with Crippen molar-refractivity contribution in [3.63, 3.8) is 0 Å². The standard InChI is InChI=1S/C17H26N2O3/c1-13(2)15(12-14-6-4-5-7-16(14)21-3)18-17(20)19-8-10-22-11-9-19/h4-7,13,15H,8-12H2,1-3H3,(H,18,20)/t15-/m1/s1. The molecule has 1 N–H and O–H groups in total. The van der Waals surface area contributed by atoms with Crippen molar-refractivity contribution in [1.29, 1.82) is 0 Å². The average Bonchev–Trinajstić information content (AvgIpc) is 2.55. The quantitative estimate of drug-likeness (QED) is 0.908. The van der Waals surface area contributed by atoms with E-state index in [0.29, 0.717) is 32.2 Å². The van der Waals surface area contributed by atoms with Crippen LogP contribution in [-0.2, 0) is 11.2 Å². The van der Waals surface area contributed by atoms with E-state index in [4.69, 9.17) is 9.47 Å². The molecule has 0 saturated carbocycles. The zero-order chi connectivity index (χ0) is 15.9. The number of methoxy groups -OCH3 is 1. The van der Waals surface area contributed by atoms with Gasteiger partial charge in [-0.1, -0.05) is 32.0 Å². The van der Waals surface area contributed by atoms with E-state index in [0.717, 1.165) is 17.7 Å². The van der Waals surface area contributed by atoms with Gasteiger partial charge in [-0.3, -0.25) is 0 Å². The Morgan fingerprint density at radius 3 is 2.64 bits per heavy atom. The topological polar surface area (TPSA) is 50.8 Å². The first-order valence-corrected chi connectivity index (χ1v) is 7.87. The maximum atomic E-state index is 12.4. The van der Waals surface area contributed by atoms with Gasteiger partial charge in [0, 0.05) is 19.1 Å². The normalized spacial score (nSPS) is 16.5. The first-order valence-electron chi connectivity index (χ1n) is 7.87. The Kier molecular flexibility index (Phi) is 6.07. The summed E-state index contributed by atoms with van der Waals surface area (Å²) in [6.07, 6.45) is 0.762. The highest BCUT2D eigenvalue weighted by atomic mass is 16.5. The van der Waals surface area contributed by atoms with Crippen LogP contribution < -0.4 is 10.1 Å². The summed E-state index contributed by atoms with van der Waals surface area (Å²) in [5, 5.41) is 3.16. The first-order chi connectivity index (χ1) is 10.6. The van der Waals surface area contributed by atoms with Gasteiger partial charge >= 0.3 is 6.03 Å². The fourth-order valence-electron chi connectivity index (χ4n) is 2.58. The minimum Gasteiger partial charge on any atom is -0.496 e. The Labute approximate surface area is 132 Å². The molecule has 1 heterocycles. The number of carbonyl (C=O) groups excluding carboxylic acids is 1. The summed E-state index contributed by atoms with van der Waals surface area (Å²) >= 11 is 0. The Morgan fingerprint density at radius 2 is 2.00 bits per heavy atom. The molecule has 1 aromatic rings. The Morgan fingerprint density at radius 1 is 1.32 bits per heavy atom. The molecule has 5 nitrogen and oxygen atoms in total. The number of morpholine rings is 1. The van der Waals surface area contributed by atoms with Gasteiger partial charge in [0.15, 0.2) is 0 Å². The van der Waals surface area contributed by atoms with E-state index in [1.807, 2.05) is 23.1 Å². The molecule has 1 aromatic carbocycles. The second kappa shape index (κ2) is 8.03. The highest BCUT2D eigenvalue weighted by molar-refractivity contribution is 5.74. The van der Waals surface area contributed by atoms with Crippen LogP contribution in [-0.4, -0.2) is 50.4 Å². The zero-order valence-corrected chi connectivity index (χ0v) is 13.7. The van der Waals surface area contributed by atoms with Crippen molar-refractivity contribution in [3.8, 4) is 5.75 Å². The molecule has 122 valence electrons. The van der Waals surface area contributed by atoms with Gasteiger partial charge < -0.3 is 19.7 Å². The van der Waals surface area contributed by atoms with E-state index >= 15 is 0 Å². The van der Waals surface area contributed by atoms with Crippen LogP contribution in [0.2, 0.25) is 0 Å². The van der Waals surface area contributed by atoms with E-state index in [9.17, 15) is 4.79 Å². The molecule has 1 fully saturated rings. The fraction of sp³-hybridized carbons (Fsp3) is 0.588. The summed E-state index contributed by atoms with van der Waals surface area (Å²) in [5.41, 5.74) is 1.12. The largest absolute Gasteiger partial charge is 0.496 e. The highest BCUT2D eigenvalue weighted by Crippen LogP contribution is 2.21. The molecule has 0 unspecified atom stereocenters. The number of ether oxygens (including phenoxy) is 2. The number of benzene rings is 1. The molecule has 1 aliphatic heterocycles. The zero-order valence-electron chi connectivity index (χ0n) is 13.7. The van der Waals surface area contributed by atoms with E-state index in [1.54, 1.807) is 7.11 Å². The average molecular weight is 306 g/mol. The SMILES string of the molecule is COc1ccccc1C[C@@H](NC(=O)N1CCOCC1)C(C)C. The first kappa shape index (κ1) is 16.6. The number of nitrogens with zero attached hydrogens (tertiary/aromatic N) is 1. The third kappa shape index (κ3) is 4.37. The van der Waals surface area contributed by atoms with E-state index in [-0.39, 0.29) is 12.1 Å². The van der Waals surface area contributed by atoms with Gasteiger partial charge in [0.1, 0.15) is 5.75 Å². The second-order valence-corrected chi connectivity index (χ2v) is 5.92. The number of amides is 2. The lowest BCUT2D eigenvalue weighted by Crippen LogP contribution is -2.51. The van der Waals surface area contributed by atoms with Crippen LogP contribution in [0.1, 0.15) is 19.4 Å². The number of urea groups is 1. The molecule has 0 radical (unpaired) electrons. The number of rotatable bonds is 5. The molecule has 1 aliphatic rings. The maximum absolute atomic E-state index is 12.4. The van der Waals surface area contributed by atoms with Gasteiger partial charge in [0.05, 0.1) is 20.3 Å². The van der Waals surface area contributed by atoms with Gasteiger partial charge in [0.2, 0.25) is 0 Å². The van der Waals surface area contributed by atoms with E-state index in [1.165, 1.54) is 0 Å². The molecule has 0 aromatic heterocycles. The van der Waals surface area contributed by atoms with Crippen LogP contribution >= 0.6 is 0 Å². The number of hydrogen-bond donors (Lipinski definition) is 1. The van der Waals surface area contributed by atoms with Gasteiger partial charge in [-0.25, -0.2) is 4.79 Å². The summed E-state index contributed by atoms with van der Waals surface area (Å²) in [4.78, 5) is 14.2. The van der Waals surface area contributed by atoms with Crippen molar-refractivity contribution in [2.75, 3.05) is 33.4 Å². The predicted octanol–water partition coefficient (Wildman–Crippen LogP) is 2.30. The van der Waals surface area contributed by atoms with Crippen molar-refractivity contribution in [2.24, 2.45) is 5.92 Å². The minimum absolute atomic E-state index is 0.00287. The van der Waals surface area contributed by atoms with Crippen molar-refractivity contribution < 1.29 is 14.3 Å². The molecule has 0 spiro atoms. The van der Waals surface area contributed by atoms with Crippen molar-refractivity contribution in [1.82, 2.24) is 10.2 Å². The van der Waals surface area contributed by atoms with Crippen LogP contribution in [0, 0.1) is 5.92 Å². The molecule has 22 heavy (non-hydrogen) atoms. The third-order valence-electron chi connectivity index (χ3n) is 4.04. The molecule has 1 saturated heterocycles. The Hall–Kier alpha value is -1.75. The van der Waals surface area contributed by atoms with Crippen LogP contribution in [0.4, 0.5) is 4.79 Å². The van der Waals surface area contributed by atoms with Gasteiger partial charge in [-0.15, -0.1) is 0 Å². The van der Waals surface area contributed by atoms with Crippen LogP contribution in [0.5, 0.6) is 5.75 Å². The summed E-state index contributed by atoms with van der Waals surface area (Å²) in [6.45, 7) is 6.80. The molecular formula is C17H26N2O3. The molecule has 0 aliphatic carbocycles. The monoisotopic (exact) mass is 306 g/mol. The Balaban J connectivity index is 2.01. The Bertz CT molecular complexity index is 485. The fourth-order valence-corrected chi connectivity index (χ4v) is 2.58. The number of carbonyl (C=O) groups is 1. The molecule has 0 bridgehead atoms. The summed E-state index contributed by atoms with van der Waals surface area (Å²) in [5.74, 6) is 1.21. The number of para-hydroxylation sites is 1. The summed E-state index contributed by atoms with van der Waals surface area (Å²) in [7, 11) is 1.68. The molecular weight excluding hydrogens is 280 g/mol. The van der Waals surface area contributed by atoms with Crippen LogP contribution in [0.15, 0.2) is 24.3 Å². The predicted molar refractivity (Wildman–Crippen MR) is 86.2 cm³/mol. The number of nitrogens with one attached hydrogen (secondary N) is 1. The third-order valence-corrected chi connectivity index (χ3v) is 4.04. The second-order valence-electron chi connectivity index (χ2n) is 5.92. The lowest BCUT2D eigenvalue weighted by atomic mass is 9.96. The maximum Gasteiger partial charge on any atom is 0.317 e. The van der Waals surface area contributed by atoms with Crippen molar-refractivity contribution in [2.45, 2.75) is 26.3 Å². The number of hydrogen-bond acceptors (Lipinski definition) is 3. The van der Waals surface area contributed by atoms with E-state index in [2.05, 4.69) is 25.2 Å². The minimum atomic E-state index is -0.00287. The molecule has 2 rings (SSSR count). The molecule has 5 heteroatoms. The van der Waals surface area contributed by atoms with E-state index < -0.39 is 0 Å². The van der Waals surface area contributed by atoms with Gasteiger partial charge in [-0.05, 0) is 24.0 Å². The molecule has 2 amide bonds. The van der Waals surface area contributed by atoms with Gasteiger partial charge in [0.25, 0.3) is 0 Å². The van der Waals surface area contributed by atoms with Crippen molar-refractivity contribution in [3.05, 3.63) is 29.8 Å². The lowest BCUT2D eigenvalue weighted by molar-refractivity contribution is 0.0520. The highest BCUT2D eigenvalue weighted by Gasteiger charge is 2.23.